The quantitative estimate of drug-likeness (QED) is 0.910. The van der Waals surface area contributed by atoms with E-state index < -0.39 is 6.04 Å². The van der Waals surface area contributed by atoms with Crippen LogP contribution in [-0.4, -0.2) is 18.4 Å². The number of carbonyl (C=O) groups excluding carboxylic acids is 2. The van der Waals surface area contributed by atoms with Gasteiger partial charge in [-0.1, -0.05) is 52.3 Å². The topological polar surface area (TPSA) is 49.4 Å². The van der Waals surface area contributed by atoms with Gasteiger partial charge in [0.1, 0.15) is 6.04 Å². The van der Waals surface area contributed by atoms with Crippen LogP contribution in [0.25, 0.3) is 0 Å². The second-order valence-corrected chi connectivity index (χ2v) is 5.69. The van der Waals surface area contributed by atoms with Gasteiger partial charge in [-0.3, -0.25) is 14.5 Å². The van der Waals surface area contributed by atoms with Crippen LogP contribution < -0.4 is 10.2 Å². The average Bonchev–Trinajstić information content (AvgIpc) is 2.50. The van der Waals surface area contributed by atoms with Gasteiger partial charge in [0.15, 0.2) is 0 Å². The van der Waals surface area contributed by atoms with Crippen molar-refractivity contribution in [3.8, 4) is 0 Å². The minimum atomic E-state index is -0.637. The molecule has 4 nitrogen and oxygen atoms in total. The van der Waals surface area contributed by atoms with E-state index in [1.54, 1.807) is 4.90 Å². The number of benzene rings is 2. The zero-order valence-corrected chi connectivity index (χ0v) is 12.7. The highest BCUT2D eigenvalue weighted by molar-refractivity contribution is 9.10. The van der Waals surface area contributed by atoms with Gasteiger partial charge in [0.25, 0.3) is 0 Å². The molecule has 2 amide bonds. The van der Waals surface area contributed by atoms with Crippen molar-refractivity contribution in [1.29, 1.82) is 0 Å². The monoisotopic (exact) mass is 344 g/mol. The molecule has 1 heterocycles. The lowest BCUT2D eigenvalue weighted by Gasteiger charge is -2.35. The third-order valence-corrected chi connectivity index (χ3v) is 3.88. The largest absolute Gasteiger partial charge is 0.345 e. The Morgan fingerprint density at radius 3 is 2.52 bits per heavy atom. The van der Waals surface area contributed by atoms with Gasteiger partial charge in [0, 0.05) is 10.2 Å². The van der Waals surface area contributed by atoms with E-state index in [0.717, 1.165) is 10.0 Å². The predicted molar refractivity (Wildman–Crippen MR) is 83.8 cm³/mol. The first-order valence-electron chi connectivity index (χ1n) is 6.57. The summed E-state index contributed by atoms with van der Waals surface area (Å²) < 4.78 is 0.866. The minimum Gasteiger partial charge on any atom is -0.345 e. The maximum atomic E-state index is 12.3. The van der Waals surface area contributed by atoms with Crippen LogP contribution in [0.5, 0.6) is 0 Å². The van der Waals surface area contributed by atoms with E-state index in [1.807, 2.05) is 54.6 Å². The highest BCUT2D eigenvalue weighted by atomic mass is 79.9. The van der Waals surface area contributed by atoms with E-state index in [9.17, 15) is 9.59 Å². The summed E-state index contributed by atoms with van der Waals surface area (Å²) in [7, 11) is 0. The number of hydrogen-bond donors (Lipinski definition) is 1. The third kappa shape index (κ3) is 2.69. The fourth-order valence-electron chi connectivity index (χ4n) is 2.46. The standard InChI is InChI=1S/C16H13BrN2O2/c17-12-7-4-8-13(9-12)19-14(20)10-18-16(21)15(19)11-5-2-1-3-6-11/h1-9,15H,10H2,(H,18,21). The molecule has 106 valence electrons. The molecule has 1 unspecified atom stereocenters. The van der Waals surface area contributed by atoms with Crippen molar-refractivity contribution in [2.24, 2.45) is 0 Å². The molecular formula is C16H13BrN2O2. The molecule has 0 saturated carbocycles. The summed E-state index contributed by atoms with van der Waals surface area (Å²) in [5, 5.41) is 2.65. The van der Waals surface area contributed by atoms with Crippen molar-refractivity contribution in [3.05, 3.63) is 64.6 Å². The molecule has 1 aliphatic heterocycles. The molecule has 1 saturated heterocycles. The van der Waals surface area contributed by atoms with Crippen molar-refractivity contribution in [2.45, 2.75) is 6.04 Å². The molecule has 3 rings (SSSR count). The van der Waals surface area contributed by atoms with Crippen LogP contribution in [0, 0.1) is 0 Å². The zero-order chi connectivity index (χ0) is 14.8. The number of hydrogen-bond acceptors (Lipinski definition) is 2. The van der Waals surface area contributed by atoms with Crippen LogP contribution in [0.15, 0.2) is 59.1 Å². The fraction of sp³-hybridized carbons (Fsp3) is 0.125. The van der Waals surface area contributed by atoms with E-state index in [2.05, 4.69) is 21.2 Å². The number of nitrogens with one attached hydrogen (secondary N) is 1. The molecule has 2 aromatic carbocycles. The lowest BCUT2D eigenvalue weighted by Crippen LogP contribution is -2.53. The molecular weight excluding hydrogens is 332 g/mol. The van der Waals surface area contributed by atoms with E-state index in [1.165, 1.54) is 0 Å². The molecule has 0 radical (unpaired) electrons. The minimum absolute atomic E-state index is 0.0225. The van der Waals surface area contributed by atoms with Crippen LogP contribution in [0.4, 0.5) is 5.69 Å². The van der Waals surface area contributed by atoms with E-state index in [4.69, 9.17) is 0 Å². The van der Waals surface area contributed by atoms with Gasteiger partial charge in [0.05, 0.1) is 6.54 Å². The highest BCUT2D eigenvalue weighted by Crippen LogP contribution is 2.31. The number of carbonyl (C=O) groups is 2. The van der Waals surface area contributed by atoms with E-state index >= 15 is 0 Å². The molecule has 0 spiro atoms. The van der Waals surface area contributed by atoms with Crippen LogP contribution in [0.1, 0.15) is 11.6 Å². The summed E-state index contributed by atoms with van der Waals surface area (Å²) >= 11 is 3.40. The number of rotatable bonds is 2. The first-order chi connectivity index (χ1) is 10.2. The predicted octanol–water partition coefficient (Wildman–Crippen LogP) is 2.65. The van der Waals surface area contributed by atoms with Crippen LogP contribution in [0.3, 0.4) is 0 Å². The second kappa shape index (κ2) is 5.69. The molecule has 1 atom stereocenters. The number of halogens is 1. The Labute approximate surface area is 130 Å². The van der Waals surface area contributed by atoms with Gasteiger partial charge >= 0.3 is 0 Å². The molecule has 21 heavy (non-hydrogen) atoms. The number of piperazine rings is 1. The normalized spacial score (nSPS) is 18.5. The molecule has 0 aliphatic carbocycles. The smallest absolute Gasteiger partial charge is 0.248 e. The van der Waals surface area contributed by atoms with Crippen molar-refractivity contribution in [1.82, 2.24) is 5.32 Å². The molecule has 5 heteroatoms. The van der Waals surface area contributed by atoms with Crippen molar-refractivity contribution in [2.75, 3.05) is 11.4 Å². The zero-order valence-electron chi connectivity index (χ0n) is 11.1. The summed E-state index contributed by atoms with van der Waals surface area (Å²) in [4.78, 5) is 26.2. The maximum Gasteiger partial charge on any atom is 0.248 e. The molecule has 1 N–H and O–H groups in total. The SMILES string of the molecule is O=C1NCC(=O)N(c2cccc(Br)c2)C1c1ccccc1. The lowest BCUT2D eigenvalue weighted by molar-refractivity contribution is -0.131. The first kappa shape index (κ1) is 13.8. The molecule has 1 aliphatic rings. The van der Waals surface area contributed by atoms with Gasteiger partial charge < -0.3 is 5.32 Å². The number of anilines is 1. The number of amides is 2. The summed E-state index contributed by atoms with van der Waals surface area (Å²) in [6.07, 6.45) is 0. The van der Waals surface area contributed by atoms with E-state index in [0.29, 0.717) is 5.69 Å². The Bertz CT molecular complexity index is 688. The fourth-order valence-corrected chi connectivity index (χ4v) is 2.85. The second-order valence-electron chi connectivity index (χ2n) is 4.77. The Kier molecular flexibility index (Phi) is 3.75. The van der Waals surface area contributed by atoms with Crippen LogP contribution in [0.2, 0.25) is 0 Å². The summed E-state index contributed by atoms with van der Waals surface area (Å²) in [5.74, 6) is -0.290. The molecule has 2 aromatic rings. The summed E-state index contributed by atoms with van der Waals surface area (Å²) in [5.41, 5.74) is 1.50. The Balaban J connectivity index is 2.08. The van der Waals surface area contributed by atoms with Crippen LogP contribution in [-0.2, 0) is 9.59 Å². The van der Waals surface area contributed by atoms with E-state index in [-0.39, 0.29) is 18.4 Å². The molecule has 0 bridgehead atoms. The summed E-state index contributed by atoms with van der Waals surface area (Å²) in [6, 6.07) is 16.1. The Hall–Kier alpha value is -2.14. The number of nitrogens with zero attached hydrogens (tertiary/aromatic N) is 1. The van der Waals surface area contributed by atoms with Crippen LogP contribution >= 0.6 is 15.9 Å². The lowest BCUT2D eigenvalue weighted by atomic mass is 10.0. The molecule has 0 aromatic heterocycles. The van der Waals surface area contributed by atoms with Gasteiger partial charge in [-0.05, 0) is 23.8 Å². The van der Waals surface area contributed by atoms with Gasteiger partial charge in [-0.15, -0.1) is 0 Å². The summed E-state index contributed by atoms with van der Waals surface area (Å²) in [6.45, 7) is 0.0225. The third-order valence-electron chi connectivity index (χ3n) is 3.39. The van der Waals surface area contributed by atoms with Crippen molar-refractivity contribution in [3.63, 3.8) is 0 Å². The van der Waals surface area contributed by atoms with Gasteiger partial charge in [-0.2, -0.15) is 0 Å². The average molecular weight is 345 g/mol. The van der Waals surface area contributed by atoms with Crippen molar-refractivity contribution < 1.29 is 9.59 Å². The van der Waals surface area contributed by atoms with Gasteiger partial charge in [-0.25, -0.2) is 0 Å². The molecule has 1 fully saturated rings. The maximum absolute atomic E-state index is 12.3. The Morgan fingerprint density at radius 2 is 1.81 bits per heavy atom. The van der Waals surface area contributed by atoms with Gasteiger partial charge in [0.2, 0.25) is 11.8 Å². The first-order valence-corrected chi connectivity index (χ1v) is 7.36. The Morgan fingerprint density at radius 1 is 1.05 bits per heavy atom. The van der Waals surface area contributed by atoms with Crippen molar-refractivity contribution >= 4 is 33.4 Å². The highest BCUT2D eigenvalue weighted by Gasteiger charge is 2.36.